The van der Waals surface area contributed by atoms with Crippen molar-refractivity contribution in [1.29, 1.82) is 0 Å². The average Bonchev–Trinajstić information content (AvgIpc) is 3.27. The zero-order chi connectivity index (χ0) is 19.0. The van der Waals surface area contributed by atoms with Crippen molar-refractivity contribution < 1.29 is 4.79 Å². The molecule has 0 aromatic carbocycles. The lowest BCUT2D eigenvalue weighted by atomic mass is 10.1. The van der Waals surface area contributed by atoms with Gasteiger partial charge in [0.1, 0.15) is 0 Å². The third-order valence-corrected chi connectivity index (χ3v) is 5.27. The van der Waals surface area contributed by atoms with Crippen LogP contribution in [0.2, 0.25) is 0 Å². The van der Waals surface area contributed by atoms with Crippen molar-refractivity contribution in [2.75, 3.05) is 5.32 Å². The number of hydrogen-bond acceptors (Lipinski definition) is 5. The Labute approximate surface area is 160 Å². The molecule has 7 heteroatoms. The summed E-state index contributed by atoms with van der Waals surface area (Å²) in [5.74, 6) is -0.202. The predicted octanol–water partition coefficient (Wildman–Crippen LogP) is 4.44. The van der Waals surface area contributed by atoms with Crippen LogP contribution in [0.5, 0.6) is 0 Å². The molecule has 6 nitrogen and oxygen atoms in total. The zero-order valence-corrected chi connectivity index (χ0v) is 16.2. The lowest BCUT2D eigenvalue weighted by molar-refractivity contribution is 0.102. The number of thiophene rings is 1. The van der Waals surface area contributed by atoms with Crippen molar-refractivity contribution in [3.63, 3.8) is 0 Å². The second-order valence-corrected chi connectivity index (χ2v) is 7.41. The van der Waals surface area contributed by atoms with Crippen LogP contribution in [-0.2, 0) is 6.54 Å². The molecule has 0 fully saturated rings. The maximum absolute atomic E-state index is 12.9. The van der Waals surface area contributed by atoms with Crippen LogP contribution in [0.1, 0.15) is 27.9 Å². The number of nitrogens with zero attached hydrogens (tertiary/aromatic N) is 4. The fourth-order valence-electron chi connectivity index (χ4n) is 3.05. The summed E-state index contributed by atoms with van der Waals surface area (Å²) in [6.45, 7) is 6.64. The highest BCUT2D eigenvalue weighted by Gasteiger charge is 2.16. The first-order valence-electron chi connectivity index (χ1n) is 8.72. The van der Waals surface area contributed by atoms with E-state index in [-0.39, 0.29) is 5.91 Å². The standard InChI is InChI=1S/C20H19N5OS/c1-4-25-19-14(10-22-25)9-16(13(3)23-19)20(26)24-17-6-5-7-21-18(17)15-8-12(2)27-11-15/h5-11H,4H2,1-3H3,(H,24,26). The Kier molecular flexibility index (Phi) is 4.45. The molecular weight excluding hydrogens is 358 g/mol. The van der Waals surface area contributed by atoms with E-state index in [1.165, 1.54) is 4.88 Å². The van der Waals surface area contributed by atoms with Crippen LogP contribution in [0.3, 0.4) is 0 Å². The summed E-state index contributed by atoms with van der Waals surface area (Å²) in [5, 5.41) is 10.2. The Morgan fingerprint density at radius 2 is 2.15 bits per heavy atom. The van der Waals surface area contributed by atoms with Gasteiger partial charge in [0.05, 0.1) is 28.8 Å². The number of rotatable bonds is 4. The van der Waals surface area contributed by atoms with Crippen molar-refractivity contribution in [1.82, 2.24) is 19.7 Å². The quantitative estimate of drug-likeness (QED) is 0.570. The molecule has 4 aromatic heterocycles. The molecule has 4 heterocycles. The van der Waals surface area contributed by atoms with Gasteiger partial charge in [-0.1, -0.05) is 0 Å². The Hall–Kier alpha value is -3.06. The fourth-order valence-corrected chi connectivity index (χ4v) is 3.74. The average molecular weight is 377 g/mol. The monoisotopic (exact) mass is 377 g/mol. The van der Waals surface area contributed by atoms with E-state index in [4.69, 9.17) is 0 Å². The highest BCUT2D eigenvalue weighted by Crippen LogP contribution is 2.30. The molecule has 0 spiro atoms. The molecule has 4 aromatic rings. The number of aromatic nitrogens is 4. The van der Waals surface area contributed by atoms with Crippen LogP contribution in [0.15, 0.2) is 42.0 Å². The fraction of sp³-hybridized carbons (Fsp3) is 0.200. The van der Waals surface area contributed by atoms with Gasteiger partial charge in [0, 0.05) is 33.9 Å². The normalized spacial score (nSPS) is 11.1. The van der Waals surface area contributed by atoms with Crippen molar-refractivity contribution >= 4 is 34.0 Å². The first-order valence-corrected chi connectivity index (χ1v) is 9.60. The summed E-state index contributed by atoms with van der Waals surface area (Å²) in [6, 6.07) is 7.60. The number of aryl methyl sites for hydroxylation is 3. The molecular formula is C20H19N5OS. The first-order chi connectivity index (χ1) is 13.1. The van der Waals surface area contributed by atoms with Gasteiger partial charge in [0.2, 0.25) is 0 Å². The van der Waals surface area contributed by atoms with E-state index >= 15 is 0 Å². The number of carbonyl (C=O) groups is 1. The second-order valence-electron chi connectivity index (χ2n) is 6.29. The van der Waals surface area contributed by atoms with Gasteiger partial charge < -0.3 is 5.32 Å². The van der Waals surface area contributed by atoms with Gasteiger partial charge in [-0.3, -0.25) is 9.78 Å². The summed E-state index contributed by atoms with van der Waals surface area (Å²) in [5.41, 5.74) is 4.46. The highest BCUT2D eigenvalue weighted by atomic mass is 32.1. The minimum atomic E-state index is -0.202. The molecule has 0 saturated heterocycles. The van der Waals surface area contributed by atoms with Gasteiger partial charge in [-0.25, -0.2) is 9.67 Å². The third-order valence-electron chi connectivity index (χ3n) is 4.41. The number of hydrogen-bond donors (Lipinski definition) is 1. The molecule has 0 bridgehead atoms. The van der Waals surface area contributed by atoms with Gasteiger partial charge in [0.25, 0.3) is 5.91 Å². The Bertz CT molecular complexity index is 1140. The molecule has 1 N–H and O–H groups in total. The molecule has 0 unspecified atom stereocenters. The van der Waals surface area contributed by atoms with E-state index in [1.807, 2.05) is 42.1 Å². The van der Waals surface area contributed by atoms with Crippen LogP contribution in [-0.4, -0.2) is 25.7 Å². The number of anilines is 1. The Balaban J connectivity index is 1.69. The Morgan fingerprint density at radius 1 is 1.30 bits per heavy atom. The number of carbonyl (C=O) groups excluding carboxylic acids is 1. The molecule has 0 aliphatic rings. The van der Waals surface area contributed by atoms with E-state index in [9.17, 15) is 4.79 Å². The number of amides is 1. The van der Waals surface area contributed by atoms with Gasteiger partial charge >= 0.3 is 0 Å². The van der Waals surface area contributed by atoms with E-state index in [0.29, 0.717) is 16.9 Å². The van der Waals surface area contributed by atoms with Gasteiger partial charge in [-0.2, -0.15) is 5.10 Å². The predicted molar refractivity (Wildman–Crippen MR) is 108 cm³/mol. The summed E-state index contributed by atoms with van der Waals surface area (Å²) < 4.78 is 1.82. The van der Waals surface area contributed by atoms with Crippen LogP contribution in [0.4, 0.5) is 5.69 Å². The molecule has 0 radical (unpaired) electrons. The van der Waals surface area contributed by atoms with Gasteiger partial charge in [-0.15, -0.1) is 11.3 Å². The summed E-state index contributed by atoms with van der Waals surface area (Å²) >= 11 is 1.66. The molecule has 0 saturated carbocycles. The van der Waals surface area contributed by atoms with E-state index in [2.05, 4.69) is 33.4 Å². The van der Waals surface area contributed by atoms with Crippen molar-refractivity contribution in [2.24, 2.45) is 0 Å². The lowest BCUT2D eigenvalue weighted by Gasteiger charge is -2.11. The van der Waals surface area contributed by atoms with E-state index in [0.717, 1.165) is 28.8 Å². The van der Waals surface area contributed by atoms with Crippen molar-refractivity contribution in [3.05, 3.63) is 58.2 Å². The first kappa shape index (κ1) is 17.4. The van der Waals surface area contributed by atoms with E-state index < -0.39 is 0 Å². The van der Waals surface area contributed by atoms with Crippen molar-refractivity contribution in [3.8, 4) is 11.3 Å². The second kappa shape index (κ2) is 6.92. The van der Waals surface area contributed by atoms with Crippen LogP contribution in [0, 0.1) is 13.8 Å². The highest BCUT2D eigenvalue weighted by molar-refractivity contribution is 7.10. The minimum Gasteiger partial charge on any atom is -0.320 e. The molecule has 1 amide bonds. The van der Waals surface area contributed by atoms with E-state index in [1.54, 1.807) is 23.7 Å². The van der Waals surface area contributed by atoms with Gasteiger partial charge in [-0.05, 0) is 45.0 Å². The third kappa shape index (κ3) is 3.21. The molecule has 0 aliphatic carbocycles. The SMILES string of the molecule is CCn1ncc2cc(C(=O)Nc3cccnc3-c3csc(C)c3)c(C)nc21. The summed E-state index contributed by atoms with van der Waals surface area (Å²) in [7, 11) is 0. The smallest absolute Gasteiger partial charge is 0.257 e. The van der Waals surface area contributed by atoms with Crippen LogP contribution < -0.4 is 5.32 Å². The lowest BCUT2D eigenvalue weighted by Crippen LogP contribution is -2.15. The summed E-state index contributed by atoms with van der Waals surface area (Å²) in [6.07, 6.45) is 3.47. The molecule has 4 rings (SSSR count). The number of pyridine rings is 2. The number of nitrogens with one attached hydrogen (secondary N) is 1. The van der Waals surface area contributed by atoms with Gasteiger partial charge in [0.15, 0.2) is 5.65 Å². The molecule has 27 heavy (non-hydrogen) atoms. The molecule has 136 valence electrons. The topological polar surface area (TPSA) is 72.7 Å². The zero-order valence-electron chi connectivity index (χ0n) is 15.4. The molecule has 0 aliphatic heterocycles. The van der Waals surface area contributed by atoms with Crippen LogP contribution >= 0.6 is 11.3 Å². The molecule has 0 atom stereocenters. The van der Waals surface area contributed by atoms with Crippen LogP contribution in [0.25, 0.3) is 22.3 Å². The maximum atomic E-state index is 12.9. The van der Waals surface area contributed by atoms with Crippen molar-refractivity contribution in [2.45, 2.75) is 27.3 Å². The summed E-state index contributed by atoms with van der Waals surface area (Å²) in [4.78, 5) is 23.2. The maximum Gasteiger partial charge on any atom is 0.257 e. The largest absolute Gasteiger partial charge is 0.320 e. The number of fused-ring (bicyclic) bond motifs is 1. The minimum absolute atomic E-state index is 0.202. The Morgan fingerprint density at radius 3 is 2.89 bits per heavy atom.